The summed E-state index contributed by atoms with van der Waals surface area (Å²) in [6, 6.07) is 15.2. The van der Waals surface area contributed by atoms with E-state index in [1.807, 2.05) is 56.3 Å². The highest BCUT2D eigenvalue weighted by molar-refractivity contribution is 5.89. The third-order valence-corrected chi connectivity index (χ3v) is 5.41. The zero-order valence-corrected chi connectivity index (χ0v) is 18.2. The molecule has 2 amide bonds. The molecule has 2 aromatic carbocycles. The maximum atomic E-state index is 13.0. The molecule has 0 aliphatic rings. The lowest BCUT2D eigenvalue weighted by atomic mass is 10.0. The molecule has 0 saturated heterocycles. The van der Waals surface area contributed by atoms with Gasteiger partial charge >= 0.3 is 6.03 Å². The zero-order valence-electron chi connectivity index (χ0n) is 18.2. The number of nitrogens with one attached hydrogen (secondary N) is 3. The van der Waals surface area contributed by atoms with Gasteiger partial charge in [0.1, 0.15) is 0 Å². The van der Waals surface area contributed by atoms with Crippen LogP contribution in [0.5, 0.6) is 0 Å². The molecular weight excluding hydrogens is 376 g/mol. The molecule has 0 aliphatic heterocycles. The second kappa shape index (κ2) is 9.59. The number of quaternary nitrogens is 1. The number of benzene rings is 2. The predicted molar refractivity (Wildman–Crippen MR) is 122 cm³/mol. The third-order valence-electron chi connectivity index (χ3n) is 5.41. The average molecular weight is 408 g/mol. The van der Waals surface area contributed by atoms with Crippen molar-refractivity contribution in [3.63, 3.8) is 0 Å². The van der Waals surface area contributed by atoms with Crippen molar-refractivity contribution in [1.82, 2.24) is 9.88 Å². The molecule has 0 unspecified atom stereocenters. The van der Waals surface area contributed by atoms with Gasteiger partial charge in [-0.2, -0.15) is 0 Å². The number of nitrogens with zero attached hydrogens (tertiary/aromatic N) is 1. The largest absolute Gasteiger partial charge is 0.340 e. The van der Waals surface area contributed by atoms with Crippen LogP contribution in [0.15, 0.2) is 53.3 Å². The number of rotatable bonds is 7. The van der Waals surface area contributed by atoms with E-state index < -0.39 is 0 Å². The predicted octanol–water partition coefficient (Wildman–Crippen LogP) is 2.71. The van der Waals surface area contributed by atoms with Gasteiger partial charge in [0.05, 0.1) is 32.7 Å². The van der Waals surface area contributed by atoms with Gasteiger partial charge in [-0.15, -0.1) is 0 Å². The second-order valence-corrected chi connectivity index (χ2v) is 8.12. The molecule has 0 fully saturated rings. The Hall–Kier alpha value is -3.12. The number of carbonyl (C=O) groups excluding carboxylic acids is 1. The number of carbonyl (C=O) groups is 1. The second-order valence-electron chi connectivity index (χ2n) is 8.12. The molecular formula is C24H31N4O2+. The van der Waals surface area contributed by atoms with E-state index in [4.69, 9.17) is 0 Å². The minimum Gasteiger partial charge on any atom is -0.340 e. The van der Waals surface area contributed by atoms with Crippen LogP contribution >= 0.6 is 0 Å². The van der Waals surface area contributed by atoms with Gasteiger partial charge in [-0.05, 0) is 48.6 Å². The number of fused-ring (bicyclic) bond motifs is 1. The van der Waals surface area contributed by atoms with Gasteiger partial charge < -0.3 is 20.1 Å². The highest BCUT2D eigenvalue weighted by Gasteiger charge is 2.17. The first kappa shape index (κ1) is 21.6. The lowest BCUT2D eigenvalue weighted by molar-refractivity contribution is -0.858. The number of amides is 2. The summed E-state index contributed by atoms with van der Waals surface area (Å²) < 4.78 is 0. The molecule has 0 aliphatic carbocycles. The zero-order chi connectivity index (χ0) is 21.7. The first-order valence-corrected chi connectivity index (χ1v) is 10.4. The Morgan fingerprint density at radius 2 is 1.83 bits per heavy atom. The molecule has 3 rings (SSSR count). The maximum absolute atomic E-state index is 13.0. The van der Waals surface area contributed by atoms with E-state index in [9.17, 15) is 9.59 Å². The van der Waals surface area contributed by atoms with Gasteiger partial charge in [-0.1, -0.05) is 30.3 Å². The van der Waals surface area contributed by atoms with Crippen molar-refractivity contribution >= 4 is 22.6 Å². The van der Waals surface area contributed by atoms with Crippen LogP contribution in [-0.4, -0.2) is 43.1 Å². The Balaban J connectivity index is 1.86. The summed E-state index contributed by atoms with van der Waals surface area (Å²) >= 11 is 0. The van der Waals surface area contributed by atoms with E-state index in [0.29, 0.717) is 12.1 Å². The van der Waals surface area contributed by atoms with Crippen molar-refractivity contribution in [2.24, 2.45) is 0 Å². The Morgan fingerprint density at radius 1 is 1.10 bits per heavy atom. The number of para-hydroxylation sites is 1. The summed E-state index contributed by atoms with van der Waals surface area (Å²) in [5.41, 5.74) is 4.26. The van der Waals surface area contributed by atoms with Crippen LogP contribution in [0.3, 0.4) is 0 Å². The molecule has 1 aromatic heterocycles. The van der Waals surface area contributed by atoms with E-state index in [1.165, 1.54) is 4.90 Å². The van der Waals surface area contributed by atoms with Crippen molar-refractivity contribution in [2.75, 3.05) is 32.5 Å². The summed E-state index contributed by atoms with van der Waals surface area (Å²) in [5, 5.41) is 3.92. The highest BCUT2D eigenvalue weighted by atomic mass is 16.2. The number of pyridine rings is 1. The molecule has 6 heteroatoms. The number of hydrogen-bond acceptors (Lipinski definition) is 2. The fourth-order valence-electron chi connectivity index (χ4n) is 3.49. The molecule has 158 valence electrons. The van der Waals surface area contributed by atoms with Crippen LogP contribution in [-0.2, 0) is 6.54 Å². The van der Waals surface area contributed by atoms with Crippen molar-refractivity contribution < 1.29 is 9.69 Å². The van der Waals surface area contributed by atoms with Crippen LogP contribution in [0.1, 0.15) is 23.1 Å². The normalized spacial score (nSPS) is 11.1. The first-order chi connectivity index (χ1) is 14.3. The Morgan fingerprint density at radius 3 is 2.53 bits per heavy atom. The standard InChI is InChI=1S/C24H30N4O2/c1-17-11-12-19-15-20(23(29)26-22(19)18(17)2)16-28(14-8-13-27(3)4)24(30)25-21-9-6-5-7-10-21/h5-7,9-12,15H,8,13-14,16H2,1-4H3,(H,25,30)(H,26,29)/p+1. The minimum absolute atomic E-state index is 0.146. The van der Waals surface area contributed by atoms with Crippen LogP contribution < -0.4 is 15.8 Å². The van der Waals surface area contributed by atoms with Gasteiger partial charge in [0, 0.05) is 24.2 Å². The average Bonchev–Trinajstić information content (AvgIpc) is 2.71. The fraction of sp³-hybridized carbons (Fsp3) is 0.333. The Labute approximate surface area is 177 Å². The van der Waals surface area contributed by atoms with Crippen LogP contribution in [0.25, 0.3) is 10.9 Å². The molecule has 0 spiro atoms. The van der Waals surface area contributed by atoms with Crippen molar-refractivity contribution in [2.45, 2.75) is 26.8 Å². The number of aromatic amines is 1. The molecule has 0 radical (unpaired) electrons. The van der Waals surface area contributed by atoms with Crippen LogP contribution in [0.2, 0.25) is 0 Å². The number of aryl methyl sites for hydroxylation is 2. The number of H-pyrrole nitrogens is 1. The van der Waals surface area contributed by atoms with E-state index in [0.717, 1.165) is 40.7 Å². The first-order valence-electron chi connectivity index (χ1n) is 10.4. The van der Waals surface area contributed by atoms with Gasteiger partial charge in [-0.3, -0.25) is 4.79 Å². The lowest BCUT2D eigenvalue weighted by Gasteiger charge is -2.23. The molecule has 1 heterocycles. The molecule has 3 N–H and O–H groups in total. The van der Waals surface area contributed by atoms with Crippen molar-refractivity contribution in [3.8, 4) is 0 Å². The van der Waals surface area contributed by atoms with Crippen molar-refractivity contribution in [3.05, 3.63) is 75.6 Å². The van der Waals surface area contributed by atoms with E-state index in [-0.39, 0.29) is 18.1 Å². The summed E-state index contributed by atoms with van der Waals surface area (Å²) in [7, 11) is 4.18. The van der Waals surface area contributed by atoms with E-state index >= 15 is 0 Å². The van der Waals surface area contributed by atoms with Crippen LogP contribution in [0.4, 0.5) is 10.5 Å². The summed E-state index contributed by atoms with van der Waals surface area (Å²) in [4.78, 5) is 31.8. The van der Waals surface area contributed by atoms with E-state index in [2.05, 4.69) is 30.5 Å². The van der Waals surface area contributed by atoms with Crippen molar-refractivity contribution in [1.29, 1.82) is 0 Å². The summed E-state index contributed by atoms with van der Waals surface area (Å²) in [5.74, 6) is 0. The summed E-state index contributed by atoms with van der Waals surface area (Å²) in [6.07, 6.45) is 0.855. The van der Waals surface area contributed by atoms with E-state index in [1.54, 1.807) is 4.90 Å². The quantitative estimate of drug-likeness (QED) is 0.564. The van der Waals surface area contributed by atoms with Gasteiger partial charge in [0.15, 0.2) is 0 Å². The third kappa shape index (κ3) is 5.27. The topological polar surface area (TPSA) is 69.6 Å². The molecule has 30 heavy (non-hydrogen) atoms. The van der Waals surface area contributed by atoms with Gasteiger partial charge in [-0.25, -0.2) is 4.79 Å². The SMILES string of the molecule is Cc1ccc2cc(CN(CCC[NH+](C)C)C(=O)Nc3ccccc3)c(=O)[nH]c2c1C. The van der Waals surface area contributed by atoms with Gasteiger partial charge in [0.2, 0.25) is 0 Å². The van der Waals surface area contributed by atoms with Crippen LogP contribution in [0, 0.1) is 13.8 Å². The number of hydrogen-bond donors (Lipinski definition) is 3. The molecule has 0 atom stereocenters. The Kier molecular flexibility index (Phi) is 6.90. The number of urea groups is 1. The fourth-order valence-corrected chi connectivity index (χ4v) is 3.49. The molecule has 6 nitrogen and oxygen atoms in total. The smallest absolute Gasteiger partial charge is 0.322 e. The molecule has 3 aromatic rings. The minimum atomic E-state index is -0.200. The van der Waals surface area contributed by atoms with Gasteiger partial charge in [0.25, 0.3) is 5.56 Å². The Bertz CT molecular complexity index is 1070. The molecule has 0 bridgehead atoms. The monoisotopic (exact) mass is 407 g/mol. The molecule has 0 saturated carbocycles. The number of aromatic nitrogens is 1. The summed E-state index contributed by atoms with van der Waals surface area (Å²) in [6.45, 7) is 5.83. The lowest BCUT2D eigenvalue weighted by Crippen LogP contribution is -3.05. The highest BCUT2D eigenvalue weighted by Crippen LogP contribution is 2.19. The maximum Gasteiger partial charge on any atom is 0.322 e. The number of anilines is 1.